The van der Waals surface area contributed by atoms with Gasteiger partial charge in [-0.15, -0.1) is 0 Å². The Kier molecular flexibility index (Phi) is 4.07. The number of hydrogen-bond acceptors (Lipinski definition) is 2. The minimum absolute atomic E-state index is 0.0572. The monoisotopic (exact) mass is 344 g/mol. The molecule has 0 aliphatic rings. The smallest absolute Gasteiger partial charge is 0.341 e. The van der Waals surface area contributed by atoms with Gasteiger partial charge < -0.3 is 9.84 Å². The SMILES string of the molecule is O=C(O)c1c(Cl)cccc1Oc1ccc(Br)c(F)c1. The number of carboxylic acids is 1. The number of benzene rings is 2. The lowest BCUT2D eigenvalue weighted by Gasteiger charge is -2.10. The summed E-state index contributed by atoms with van der Waals surface area (Å²) >= 11 is 8.82. The van der Waals surface area contributed by atoms with Crippen molar-refractivity contribution in [1.82, 2.24) is 0 Å². The van der Waals surface area contributed by atoms with E-state index in [1.165, 1.54) is 24.3 Å². The Bertz CT molecular complexity index is 646. The van der Waals surface area contributed by atoms with Gasteiger partial charge in [0.2, 0.25) is 0 Å². The molecule has 0 aliphatic carbocycles. The van der Waals surface area contributed by atoms with Crippen molar-refractivity contribution in [3.63, 3.8) is 0 Å². The van der Waals surface area contributed by atoms with Crippen molar-refractivity contribution < 1.29 is 19.0 Å². The molecule has 2 aromatic rings. The summed E-state index contributed by atoms with van der Waals surface area (Å²) in [6.07, 6.45) is 0. The van der Waals surface area contributed by atoms with Gasteiger partial charge in [-0.3, -0.25) is 0 Å². The fraction of sp³-hybridized carbons (Fsp3) is 0. The van der Waals surface area contributed by atoms with Crippen molar-refractivity contribution in [3.05, 3.63) is 57.3 Å². The molecule has 0 fully saturated rings. The van der Waals surface area contributed by atoms with E-state index in [1.807, 2.05) is 0 Å². The Labute approximate surface area is 121 Å². The number of rotatable bonds is 3. The molecule has 2 rings (SSSR count). The van der Waals surface area contributed by atoms with Crippen LogP contribution in [0.2, 0.25) is 5.02 Å². The molecule has 2 aromatic carbocycles. The average molecular weight is 346 g/mol. The maximum atomic E-state index is 13.4. The third-order valence-electron chi connectivity index (χ3n) is 2.31. The van der Waals surface area contributed by atoms with Gasteiger partial charge in [0.05, 0.1) is 9.50 Å². The van der Waals surface area contributed by atoms with Gasteiger partial charge in [-0.05, 0) is 40.2 Å². The van der Waals surface area contributed by atoms with Gasteiger partial charge in [0.1, 0.15) is 22.9 Å². The second kappa shape index (κ2) is 5.59. The van der Waals surface area contributed by atoms with Gasteiger partial charge in [0.25, 0.3) is 0 Å². The molecule has 0 spiro atoms. The molecule has 0 radical (unpaired) electrons. The van der Waals surface area contributed by atoms with E-state index in [4.69, 9.17) is 21.4 Å². The fourth-order valence-corrected chi connectivity index (χ4v) is 1.96. The molecular weight excluding hydrogens is 338 g/mol. The van der Waals surface area contributed by atoms with Crippen LogP contribution in [0.5, 0.6) is 11.5 Å². The Hall–Kier alpha value is -1.59. The standard InChI is InChI=1S/C13H7BrClFO3/c14-8-5-4-7(6-10(8)16)19-11-3-1-2-9(15)12(11)13(17)18/h1-6H,(H,17,18). The number of halogens is 3. The number of aromatic carboxylic acids is 1. The van der Waals surface area contributed by atoms with E-state index in [9.17, 15) is 9.18 Å². The summed E-state index contributed by atoms with van der Waals surface area (Å²) in [6, 6.07) is 8.58. The average Bonchev–Trinajstić information content (AvgIpc) is 2.33. The van der Waals surface area contributed by atoms with Crippen LogP contribution in [-0.4, -0.2) is 11.1 Å². The van der Waals surface area contributed by atoms with Crippen molar-refractivity contribution in [1.29, 1.82) is 0 Å². The fourth-order valence-electron chi connectivity index (χ4n) is 1.46. The normalized spacial score (nSPS) is 10.3. The maximum absolute atomic E-state index is 13.4. The zero-order valence-electron chi connectivity index (χ0n) is 9.36. The molecule has 0 amide bonds. The second-order valence-corrected chi connectivity index (χ2v) is 4.86. The van der Waals surface area contributed by atoms with Gasteiger partial charge >= 0.3 is 5.97 Å². The van der Waals surface area contributed by atoms with Crippen LogP contribution in [0.1, 0.15) is 10.4 Å². The summed E-state index contributed by atoms with van der Waals surface area (Å²) in [5.74, 6) is -1.47. The van der Waals surface area contributed by atoms with E-state index >= 15 is 0 Å². The largest absolute Gasteiger partial charge is 0.478 e. The molecule has 0 aromatic heterocycles. The third-order valence-corrected chi connectivity index (χ3v) is 3.27. The number of carbonyl (C=O) groups is 1. The van der Waals surface area contributed by atoms with Crippen LogP contribution in [0.4, 0.5) is 4.39 Å². The van der Waals surface area contributed by atoms with E-state index in [2.05, 4.69) is 15.9 Å². The van der Waals surface area contributed by atoms with Crippen molar-refractivity contribution in [2.75, 3.05) is 0 Å². The Morgan fingerprint density at radius 1 is 1.32 bits per heavy atom. The molecule has 6 heteroatoms. The van der Waals surface area contributed by atoms with Crippen LogP contribution in [0.3, 0.4) is 0 Å². The Morgan fingerprint density at radius 3 is 2.68 bits per heavy atom. The van der Waals surface area contributed by atoms with Crippen LogP contribution >= 0.6 is 27.5 Å². The molecular formula is C13H7BrClFO3. The molecule has 0 heterocycles. The summed E-state index contributed by atoms with van der Waals surface area (Å²) in [6.45, 7) is 0. The molecule has 0 atom stereocenters. The minimum Gasteiger partial charge on any atom is -0.478 e. The van der Waals surface area contributed by atoms with Crippen LogP contribution < -0.4 is 4.74 Å². The van der Waals surface area contributed by atoms with Gasteiger partial charge in [-0.2, -0.15) is 0 Å². The van der Waals surface area contributed by atoms with Crippen molar-refractivity contribution >= 4 is 33.5 Å². The lowest BCUT2D eigenvalue weighted by atomic mass is 10.2. The highest BCUT2D eigenvalue weighted by Crippen LogP contribution is 2.31. The van der Waals surface area contributed by atoms with E-state index in [1.54, 1.807) is 6.07 Å². The molecule has 0 saturated carbocycles. The van der Waals surface area contributed by atoms with Gasteiger partial charge in [-0.1, -0.05) is 17.7 Å². The second-order valence-electron chi connectivity index (χ2n) is 3.60. The van der Waals surface area contributed by atoms with Crippen molar-refractivity contribution in [2.45, 2.75) is 0 Å². The highest BCUT2D eigenvalue weighted by atomic mass is 79.9. The molecule has 98 valence electrons. The van der Waals surface area contributed by atoms with E-state index in [0.29, 0.717) is 4.47 Å². The molecule has 0 saturated heterocycles. The summed E-state index contributed by atoms with van der Waals surface area (Å²) in [4.78, 5) is 11.1. The predicted molar refractivity (Wildman–Crippen MR) is 72.6 cm³/mol. The molecule has 3 nitrogen and oxygen atoms in total. The van der Waals surface area contributed by atoms with Gasteiger partial charge in [0.15, 0.2) is 0 Å². The summed E-state index contributed by atoms with van der Waals surface area (Å²) in [5, 5.41) is 9.14. The first-order chi connectivity index (χ1) is 8.99. The maximum Gasteiger partial charge on any atom is 0.341 e. The van der Waals surface area contributed by atoms with Gasteiger partial charge in [0, 0.05) is 6.07 Å². The third kappa shape index (κ3) is 3.05. The molecule has 0 aliphatic heterocycles. The number of ether oxygens (including phenoxy) is 1. The van der Waals surface area contributed by atoms with Crippen LogP contribution in [-0.2, 0) is 0 Å². The summed E-state index contributed by atoms with van der Waals surface area (Å²) in [7, 11) is 0. The zero-order chi connectivity index (χ0) is 14.0. The number of carboxylic acid groups (broad SMARTS) is 1. The summed E-state index contributed by atoms with van der Waals surface area (Å²) in [5.41, 5.74) is -0.160. The first kappa shape index (κ1) is 13.8. The molecule has 1 N–H and O–H groups in total. The highest BCUT2D eigenvalue weighted by Gasteiger charge is 2.16. The predicted octanol–water partition coefficient (Wildman–Crippen LogP) is 4.73. The summed E-state index contributed by atoms with van der Waals surface area (Å²) < 4.78 is 19.0. The first-order valence-electron chi connectivity index (χ1n) is 5.13. The number of hydrogen-bond donors (Lipinski definition) is 1. The zero-order valence-corrected chi connectivity index (χ0v) is 11.7. The van der Waals surface area contributed by atoms with Crippen LogP contribution in [0, 0.1) is 5.82 Å². The van der Waals surface area contributed by atoms with E-state index in [0.717, 1.165) is 6.07 Å². The lowest BCUT2D eigenvalue weighted by Crippen LogP contribution is -2.01. The highest BCUT2D eigenvalue weighted by molar-refractivity contribution is 9.10. The van der Waals surface area contributed by atoms with Gasteiger partial charge in [-0.25, -0.2) is 9.18 Å². The quantitative estimate of drug-likeness (QED) is 0.874. The lowest BCUT2D eigenvalue weighted by molar-refractivity contribution is 0.0694. The minimum atomic E-state index is -1.21. The van der Waals surface area contributed by atoms with Crippen LogP contribution in [0.25, 0.3) is 0 Å². The van der Waals surface area contributed by atoms with Crippen molar-refractivity contribution in [3.8, 4) is 11.5 Å². The topological polar surface area (TPSA) is 46.5 Å². The molecule has 0 unspecified atom stereocenters. The van der Waals surface area contributed by atoms with Crippen molar-refractivity contribution in [2.24, 2.45) is 0 Å². The first-order valence-corrected chi connectivity index (χ1v) is 6.31. The van der Waals surface area contributed by atoms with E-state index < -0.39 is 11.8 Å². The van der Waals surface area contributed by atoms with E-state index in [-0.39, 0.29) is 22.1 Å². The molecule has 0 bridgehead atoms. The molecule has 19 heavy (non-hydrogen) atoms. The Balaban J connectivity index is 2.40. The van der Waals surface area contributed by atoms with Crippen LogP contribution in [0.15, 0.2) is 40.9 Å². The Morgan fingerprint density at radius 2 is 2.05 bits per heavy atom.